The van der Waals surface area contributed by atoms with Crippen molar-refractivity contribution in [1.29, 1.82) is 0 Å². The lowest BCUT2D eigenvalue weighted by molar-refractivity contribution is -0.126. The molecule has 0 aliphatic carbocycles. The summed E-state index contributed by atoms with van der Waals surface area (Å²) in [5, 5.41) is 2.24. The number of anilines is 2. The molecule has 2 aliphatic rings. The van der Waals surface area contributed by atoms with Gasteiger partial charge in [0.1, 0.15) is 17.7 Å². The molecule has 0 saturated carbocycles. The molecule has 34 heavy (non-hydrogen) atoms. The Balaban J connectivity index is 1.34. The topological polar surface area (TPSA) is 65.5 Å². The molecule has 2 aromatic rings. The van der Waals surface area contributed by atoms with Gasteiger partial charge in [0.25, 0.3) is 0 Å². The minimum Gasteiger partial charge on any atom is -0.442 e. The number of rotatable bonds is 6. The van der Waals surface area contributed by atoms with Gasteiger partial charge in [-0.25, -0.2) is 18.6 Å². The smallest absolute Gasteiger partial charge is 0.414 e. The maximum absolute atomic E-state index is 14.9. The van der Waals surface area contributed by atoms with Crippen LogP contribution in [0.5, 0.6) is 0 Å². The lowest BCUT2D eigenvalue weighted by atomic mass is 10.2. The summed E-state index contributed by atoms with van der Waals surface area (Å²) in [6.07, 6.45) is 2.09. The number of nitrogens with zero attached hydrogens (tertiary/aromatic N) is 4. The van der Waals surface area contributed by atoms with E-state index in [9.17, 15) is 18.4 Å². The summed E-state index contributed by atoms with van der Waals surface area (Å²) >= 11 is 4.53. The average molecular weight is 485 g/mol. The molecule has 0 spiro atoms. The van der Waals surface area contributed by atoms with Crippen molar-refractivity contribution in [2.24, 2.45) is 4.99 Å². The minimum atomic E-state index is -0.558. The van der Waals surface area contributed by atoms with Gasteiger partial charge in [0.05, 0.1) is 29.6 Å². The summed E-state index contributed by atoms with van der Waals surface area (Å²) in [5.41, 5.74) is 1.54. The predicted octanol–water partition coefficient (Wildman–Crippen LogP) is 3.75. The summed E-state index contributed by atoms with van der Waals surface area (Å²) in [4.78, 5) is 33.3. The van der Waals surface area contributed by atoms with Crippen LogP contribution in [-0.2, 0) is 9.53 Å². The number of carbonyl (C=O) groups excluding carboxylic acids is 2. The van der Waals surface area contributed by atoms with Gasteiger partial charge >= 0.3 is 6.09 Å². The van der Waals surface area contributed by atoms with Gasteiger partial charge < -0.3 is 14.5 Å². The molecule has 2 saturated heterocycles. The Kier molecular flexibility index (Phi) is 7.30. The van der Waals surface area contributed by atoms with E-state index in [4.69, 9.17) is 4.74 Å². The summed E-state index contributed by atoms with van der Waals surface area (Å²) < 4.78 is 33.1. The monoisotopic (exact) mass is 484 g/mol. The van der Waals surface area contributed by atoms with Crippen LogP contribution >= 0.6 is 12.2 Å². The van der Waals surface area contributed by atoms with Crippen LogP contribution in [0, 0.1) is 11.6 Å². The third-order valence-electron chi connectivity index (χ3n) is 5.70. The van der Waals surface area contributed by atoms with E-state index in [-0.39, 0.29) is 24.8 Å². The van der Waals surface area contributed by atoms with Gasteiger partial charge in [-0.05, 0) is 54.2 Å². The Morgan fingerprint density at radius 1 is 1.15 bits per heavy atom. The van der Waals surface area contributed by atoms with Crippen LogP contribution in [0.3, 0.4) is 0 Å². The Labute approximate surface area is 200 Å². The van der Waals surface area contributed by atoms with Gasteiger partial charge in [-0.15, -0.1) is 0 Å². The molecule has 2 amide bonds. The molecule has 10 heteroatoms. The van der Waals surface area contributed by atoms with Gasteiger partial charge in [0.15, 0.2) is 0 Å². The molecule has 176 valence electrons. The Hall–Kier alpha value is -3.62. The third-order valence-corrected chi connectivity index (χ3v) is 5.83. The van der Waals surface area contributed by atoms with E-state index >= 15 is 0 Å². The van der Waals surface area contributed by atoms with Crippen LogP contribution < -0.4 is 9.80 Å². The maximum atomic E-state index is 14.9. The van der Waals surface area contributed by atoms with Crippen LogP contribution in [0.2, 0.25) is 0 Å². The van der Waals surface area contributed by atoms with Gasteiger partial charge in [0.2, 0.25) is 5.91 Å². The van der Waals surface area contributed by atoms with E-state index in [1.165, 1.54) is 29.2 Å². The van der Waals surface area contributed by atoms with E-state index in [1.807, 2.05) is 4.90 Å². The minimum absolute atomic E-state index is 0.153. The molecule has 0 unspecified atom stereocenters. The summed E-state index contributed by atoms with van der Waals surface area (Å²) in [6.45, 7) is 2.28. The second-order valence-electron chi connectivity index (χ2n) is 7.88. The first-order valence-corrected chi connectivity index (χ1v) is 11.1. The Bertz CT molecular complexity index is 1140. The number of benzene rings is 2. The van der Waals surface area contributed by atoms with E-state index in [0.717, 1.165) is 5.56 Å². The zero-order chi connectivity index (χ0) is 24.1. The molecule has 0 N–H and O–H groups in total. The molecular formula is C24H22F2N4O3S. The second-order valence-corrected chi connectivity index (χ2v) is 8.06. The molecule has 0 aromatic heterocycles. The number of halogens is 2. The first-order valence-electron chi connectivity index (χ1n) is 10.7. The largest absolute Gasteiger partial charge is 0.442 e. The number of isothiocyanates is 1. The number of carbonyl (C=O) groups is 2. The standard InChI is InChI=1S/C24H22F2N4O3S/c25-18-4-1-17(2-5-18)3-8-23(31)29-11-9-28(10-12-29)22-7-6-19(13-21(22)26)30-15-20(14-27-16-34)33-24(30)32/h1-8,13,20H,9-12,14-15H2/b8-3+/t20-/m0/s1. The summed E-state index contributed by atoms with van der Waals surface area (Å²) in [5.74, 6) is -0.942. The lowest BCUT2D eigenvalue weighted by Crippen LogP contribution is -2.48. The molecule has 1 atom stereocenters. The van der Waals surface area contributed by atoms with Crippen molar-refractivity contribution in [3.8, 4) is 0 Å². The normalized spacial score (nSPS) is 18.2. The number of cyclic esters (lactones) is 1. The number of piperazine rings is 1. The van der Waals surface area contributed by atoms with Gasteiger partial charge in [-0.1, -0.05) is 12.1 Å². The second kappa shape index (κ2) is 10.5. The van der Waals surface area contributed by atoms with Crippen LogP contribution in [0.1, 0.15) is 5.56 Å². The fourth-order valence-corrected chi connectivity index (χ4v) is 3.98. The average Bonchev–Trinajstić information content (AvgIpc) is 3.22. The summed E-state index contributed by atoms with van der Waals surface area (Å²) in [7, 11) is 0. The fourth-order valence-electron chi connectivity index (χ4n) is 3.90. The molecule has 0 radical (unpaired) electrons. The van der Waals surface area contributed by atoms with Gasteiger partial charge in [-0.3, -0.25) is 9.69 Å². The number of aliphatic imine (C=N–C) groups is 1. The van der Waals surface area contributed by atoms with E-state index < -0.39 is 18.0 Å². The number of thiocarbonyl (C=S) groups is 1. The Morgan fingerprint density at radius 3 is 2.56 bits per heavy atom. The molecular weight excluding hydrogens is 462 g/mol. The van der Waals surface area contributed by atoms with Crippen molar-refractivity contribution in [3.05, 3.63) is 65.7 Å². The highest BCUT2D eigenvalue weighted by molar-refractivity contribution is 7.78. The van der Waals surface area contributed by atoms with Crippen molar-refractivity contribution in [1.82, 2.24) is 4.90 Å². The molecule has 7 nitrogen and oxygen atoms in total. The highest BCUT2D eigenvalue weighted by atomic mass is 32.1. The first-order chi connectivity index (χ1) is 16.4. The number of ether oxygens (including phenoxy) is 1. The SMILES string of the molecule is O=C(/C=C/c1ccc(F)cc1)N1CCN(c2ccc(N3C[C@H](CN=C=S)OC3=O)cc2F)CC1. The van der Waals surface area contributed by atoms with Crippen LogP contribution in [-0.4, -0.2) is 67.4 Å². The van der Waals surface area contributed by atoms with Crippen molar-refractivity contribution in [2.75, 3.05) is 49.1 Å². The highest BCUT2D eigenvalue weighted by Gasteiger charge is 2.33. The first kappa shape index (κ1) is 23.5. The number of amides is 2. The van der Waals surface area contributed by atoms with Crippen molar-refractivity contribution in [2.45, 2.75) is 6.10 Å². The van der Waals surface area contributed by atoms with Crippen LogP contribution in [0.25, 0.3) is 6.08 Å². The zero-order valence-corrected chi connectivity index (χ0v) is 19.0. The zero-order valence-electron chi connectivity index (χ0n) is 18.2. The molecule has 2 heterocycles. The highest BCUT2D eigenvalue weighted by Crippen LogP contribution is 2.28. The molecule has 2 aromatic carbocycles. The lowest BCUT2D eigenvalue weighted by Gasteiger charge is -2.36. The van der Waals surface area contributed by atoms with Gasteiger partial charge in [-0.2, -0.15) is 0 Å². The Morgan fingerprint density at radius 2 is 1.88 bits per heavy atom. The van der Waals surface area contributed by atoms with Crippen molar-refractivity contribution in [3.63, 3.8) is 0 Å². The fraction of sp³-hybridized carbons (Fsp3) is 0.292. The number of hydrogen-bond donors (Lipinski definition) is 0. The van der Waals surface area contributed by atoms with E-state index in [2.05, 4.69) is 22.4 Å². The summed E-state index contributed by atoms with van der Waals surface area (Å²) in [6, 6.07) is 10.5. The van der Waals surface area contributed by atoms with Crippen LogP contribution in [0.4, 0.5) is 25.0 Å². The molecule has 2 fully saturated rings. The van der Waals surface area contributed by atoms with E-state index in [1.54, 1.807) is 35.2 Å². The maximum Gasteiger partial charge on any atom is 0.414 e. The quantitative estimate of drug-likeness (QED) is 0.355. The third kappa shape index (κ3) is 5.47. The predicted molar refractivity (Wildman–Crippen MR) is 128 cm³/mol. The van der Waals surface area contributed by atoms with Crippen molar-refractivity contribution >= 4 is 46.8 Å². The van der Waals surface area contributed by atoms with Crippen molar-refractivity contribution < 1.29 is 23.1 Å². The van der Waals surface area contributed by atoms with Gasteiger partial charge in [0, 0.05) is 32.3 Å². The number of hydrogen-bond acceptors (Lipinski definition) is 6. The molecule has 0 bridgehead atoms. The van der Waals surface area contributed by atoms with E-state index in [0.29, 0.717) is 37.6 Å². The molecule has 4 rings (SSSR count). The molecule has 2 aliphatic heterocycles. The van der Waals surface area contributed by atoms with Crippen LogP contribution in [0.15, 0.2) is 53.5 Å².